The number of nitrogens with one attached hydrogen (secondary N) is 1. The molecule has 1 heterocycles. The molecule has 0 atom stereocenters. The van der Waals surface area contributed by atoms with Crippen LogP contribution >= 0.6 is 11.3 Å². The summed E-state index contributed by atoms with van der Waals surface area (Å²) >= 11 is 1.56. The zero-order chi connectivity index (χ0) is 18.6. The van der Waals surface area contributed by atoms with Gasteiger partial charge in [-0.2, -0.15) is 0 Å². The molecular weight excluding hydrogens is 372 g/mol. The van der Waals surface area contributed by atoms with Gasteiger partial charge >= 0.3 is 0 Å². The van der Waals surface area contributed by atoms with Crippen molar-refractivity contribution < 1.29 is 17.9 Å². The minimum atomic E-state index is -3.67. The molecule has 0 saturated carbocycles. The molecule has 0 aliphatic rings. The van der Waals surface area contributed by atoms with Gasteiger partial charge in [-0.1, -0.05) is 24.3 Å². The summed E-state index contributed by atoms with van der Waals surface area (Å²) in [7, 11) is -0.702. The predicted octanol–water partition coefficient (Wildman–Crippen LogP) is 3.31. The number of aromatic nitrogens is 1. The number of benzene rings is 2. The molecule has 1 aromatic heterocycles. The lowest BCUT2D eigenvalue weighted by Gasteiger charge is -2.11. The fraction of sp³-hybridized carbons (Fsp3) is 0.167. The van der Waals surface area contributed by atoms with Gasteiger partial charge in [-0.25, -0.2) is 18.1 Å². The van der Waals surface area contributed by atoms with E-state index in [2.05, 4.69) is 9.71 Å². The molecular formula is C18H18N2O4S2. The number of hydrogen-bond donors (Lipinski definition) is 1. The molecule has 2 aromatic carbocycles. The van der Waals surface area contributed by atoms with Crippen LogP contribution in [0.3, 0.4) is 0 Å². The van der Waals surface area contributed by atoms with Crippen molar-refractivity contribution in [3.05, 3.63) is 59.6 Å². The van der Waals surface area contributed by atoms with E-state index in [-0.39, 0.29) is 11.4 Å². The van der Waals surface area contributed by atoms with E-state index in [1.54, 1.807) is 23.6 Å². The lowest BCUT2D eigenvalue weighted by atomic mass is 10.1. The van der Waals surface area contributed by atoms with Gasteiger partial charge in [0.2, 0.25) is 10.0 Å². The maximum Gasteiger partial charge on any atom is 0.241 e. The molecule has 6 nitrogen and oxygen atoms in total. The van der Waals surface area contributed by atoms with Gasteiger partial charge < -0.3 is 9.47 Å². The second-order valence-corrected chi connectivity index (χ2v) is 8.04. The average molecular weight is 390 g/mol. The Morgan fingerprint density at radius 3 is 2.38 bits per heavy atom. The highest BCUT2D eigenvalue weighted by Crippen LogP contribution is 2.29. The molecule has 0 bridgehead atoms. The third kappa shape index (κ3) is 4.04. The van der Waals surface area contributed by atoms with Crippen molar-refractivity contribution in [2.45, 2.75) is 11.4 Å². The molecule has 0 saturated heterocycles. The Morgan fingerprint density at radius 2 is 1.77 bits per heavy atom. The summed E-state index contributed by atoms with van der Waals surface area (Å²) < 4.78 is 37.9. The summed E-state index contributed by atoms with van der Waals surface area (Å²) in [5, 5.41) is 2.85. The van der Waals surface area contributed by atoms with Crippen molar-refractivity contribution in [1.29, 1.82) is 0 Å². The standard InChI is InChI=1S/C18H18N2O4S2/c1-23-16-8-7-15(11-17(16)24-2)26(21,22)20-12-13-3-5-14(6-4-13)18-19-9-10-25-18/h3-11,20H,12H2,1-2H3. The van der Waals surface area contributed by atoms with Gasteiger partial charge in [-0.3, -0.25) is 0 Å². The van der Waals surface area contributed by atoms with Crippen LogP contribution in [0, 0.1) is 0 Å². The van der Waals surface area contributed by atoms with E-state index in [9.17, 15) is 8.42 Å². The van der Waals surface area contributed by atoms with Crippen LogP contribution in [0.4, 0.5) is 0 Å². The van der Waals surface area contributed by atoms with E-state index in [4.69, 9.17) is 9.47 Å². The quantitative estimate of drug-likeness (QED) is 0.670. The first-order chi connectivity index (χ1) is 12.5. The molecule has 136 valence electrons. The van der Waals surface area contributed by atoms with Crippen LogP contribution in [0.2, 0.25) is 0 Å². The molecule has 3 aromatic rings. The van der Waals surface area contributed by atoms with E-state index < -0.39 is 10.0 Å². The zero-order valence-corrected chi connectivity index (χ0v) is 15.9. The smallest absolute Gasteiger partial charge is 0.241 e. The van der Waals surface area contributed by atoms with E-state index in [0.717, 1.165) is 16.1 Å². The van der Waals surface area contributed by atoms with Crippen LogP contribution in [-0.4, -0.2) is 27.6 Å². The van der Waals surface area contributed by atoms with Crippen LogP contribution in [0.25, 0.3) is 10.6 Å². The molecule has 8 heteroatoms. The first kappa shape index (κ1) is 18.4. The number of hydrogen-bond acceptors (Lipinski definition) is 6. The number of sulfonamides is 1. The average Bonchev–Trinajstić information content (AvgIpc) is 3.21. The molecule has 0 aliphatic carbocycles. The summed E-state index contributed by atoms with van der Waals surface area (Å²) in [6.07, 6.45) is 1.76. The molecule has 0 unspecified atom stereocenters. The van der Waals surface area contributed by atoms with Crippen molar-refractivity contribution in [1.82, 2.24) is 9.71 Å². The maximum absolute atomic E-state index is 12.5. The van der Waals surface area contributed by atoms with Crippen LogP contribution in [0.5, 0.6) is 11.5 Å². The minimum absolute atomic E-state index is 0.120. The highest BCUT2D eigenvalue weighted by atomic mass is 32.2. The van der Waals surface area contributed by atoms with Crippen molar-refractivity contribution in [3.63, 3.8) is 0 Å². The lowest BCUT2D eigenvalue weighted by molar-refractivity contribution is 0.354. The SMILES string of the molecule is COc1ccc(S(=O)(=O)NCc2ccc(-c3nccs3)cc2)cc1OC. The monoisotopic (exact) mass is 390 g/mol. The Labute approximate surface area is 156 Å². The Morgan fingerprint density at radius 1 is 1.04 bits per heavy atom. The Bertz CT molecular complexity index is 969. The van der Waals surface area contributed by atoms with Crippen molar-refractivity contribution in [2.24, 2.45) is 0 Å². The molecule has 0 aliphatic heterocycles. The second-order valence-electron chi connectivity index (χ2n) is 5.38. The molecule has 1 N–H and O–H groups in total. The van der Waals surface area contributed by atoms with E-state index in [0.29, 0.717) is 11.5 Å². The van der Waals surface area contributed by atoms with Gasteiger partial charge in [0.15, 0.2) is 11.5 Å². The fourth-order valence-corrected chi connectivity index (χ4v) is 4.05. The van der Waals surface area contributed by atoms with Gasteiger partial charge in [0.25, 0.3) is 0 Å². The normalized spacial score (nSPS) is 11.3. The van der Waals surface area contributed by atoms with Gasteiger partial charge in [-0.05, 0) is 17.7 Å². The minimum Gasteiger partial charge on any atom is -0.493 e. The molecule has 0 fully saturated rings. The first-order valence-corrected chi connectivity index (χ1v) is 10.1. The van der Waals surface area contributed by atoms with E-state index in [1.807, 2.05) is 29.6 Å². The van der Waals surface area contributed by atoms with Crippen LogP contribution in [0.1, 0.15) is 5.56 Å². The van der Waals surface area contributed by atoms with Crippen LogP contribution < -0.4 is 14.2 Å². The van der Waals surface area contributed by atoms with Gasteiger partial charge in [0, 0.05) is 29.8 Å². The van der Waals surface area contributed by atoms with Crippen molar-refractivity contribution in [2.75, 3.05) is 14.2 Å². The molecule has 0 radical (unpaired) electrons. The van der Waals surface area contributed by atoms with Gasteiger partial charge in [-0.15, -0.1) is 11.3 Å². The Hall–Kier alpha value is -2.42. The summed E-state index contributed by atoms with van der Waals surface area (Å²) in [5.41, 5.74) is 1.86. The van der Waals surface area contributed by atoms with Crippen LogP contribution in [0.15, 0.2) is 58.9 Å². The summed E-state index contributed by atoms with van der Waals surface area (Å²) in [4.78, 5) is 4.38. The predicted molar refractivity (Wildman–Crippen MR) is 101 cm³/mol. The number of ether oxygens (including phenoxy) is 2. The van der Waals surface area contributed by atoms with Gasteiger partial charge in [0.05, 0.1) is 19.1 Å². The molecule has 26 heavy (non-hydrogen) atoms. The number of thiazole rings is 1. The topological polar surface area (TPSA) is 77.5 Å². The number of rotatable bonds is 7. The number of nitrogens with zero attached hydrogens (tertiary/aromatic N) is 1. The molecule has 3 rings (SSSR count). The number of methoxy groups -OCH3 is 2. The molecule has 0 spiro atoms. The third-order valence-corrected chi connectivity index (χ3v) is 5.99. The second kappa shape index (κ2) is 7.86. The first-order valence-electron chi connectivity index (χ1n) is 7.74. The highest BCUT2D eigenvalue weighted by Gasteiger charge is 2.16. The Kier molecular flexibility index (Phi) is 5.55. The highest BCUT2D eigenvalue weighted by molar-refractivity contribution is 7.89. The summed E-state index contributed by atoms with van der Waals surface area (Å²) in [5.74, 6) is 0.840. The van der Waals surface area contributed by atoms with E-state index >= 15 is 0 Å². The van der Waals surface area contributed by atoms with Crippen molar-refractivity contribution in [3.8, 4) is 22.1 Å². The maximum atomic E-state index is 12.5. The van der Waals surface area contributed by atoms with Crippen LogP contribution in [-0.2, 0) is 16.6 Å². The van der Waals surface area contributed by atoms with Crippen molar-refractivity contribution >= 4 is 21.4 Å². The third-order valence-electron chi connectivity index (χ3n) is 3.76. The fourth-order valence-electron chi connectivity index (χ4n) is 2.38. The summed E-state index contributed by atoms with van der Waals surface area (Å²) in [6, 6.07) is 12.1. The summed E-state index contributed by atoms with van der Waals surface area (Å²) in [6.45, 7) is 0.189. The lowest BCUT2D eigenvalue weighted by Crippen LogP contribution is -2.23. The molecule has 0 amide bonds. The largest absolute Gasteiger partial charge is 0.493 e. The Balaban J connectivity index is 1.72. The zero-order valence-electron chi connectivity index (χ0n) is 14.3. The van der Waals surface area contributed by atoms with Gasteiger partial charge in [0.1, 0.15) is 5.01 Å². The van der Waals surface area contributed by atoms with E-state index in [1.165, 1.54) is 26.4 Å².